The first-order chi connectivity index (χ1) is 35.1. The monoisotopic (exact) mass is 963 g/mol. The zero-order valence-corrected chi connectivity index (χ0v) is 48.1. The molecule has 0 saturated heterocycles. The Kier molecular flexibility index (Phi) is 22.6. The van der Waals surface area contributed by atoms with Gasteiger partial charge in [0, 0.05) is 0 Å². The molecule has 0 nitrogen and oxygen atoms in total. The van der Waals surface area contributed by atoms with Crippen molar-refractivity contribution in [2.24, 2.45) is 0 Å². The van der Waals surface area contributed by atoms with E-state index in [0.29, 0.717) is 0 Å². The van der Waals surface area contributed by atoms with Crippen LogP contribution in [0.3, 0.4) is 0 Å². The van der Waals surface area contributed by atoms with Crippen molar-refractivity contribution in [3.8, 4) is 55.6 Å². The normalized spacial score (nSPS) is 11.6. The van der Waals surface area contributed by atoms with Gasteiger partial charge in [-0.3, -0.25) is 0 Å². The van der Waals surface area contributed by atoms with E-state index in [-0.39, 0.29) is 0 Å². The maximum absolute atomic E-state index is 2.84. The average Bonchev–Trinajstić information content (AvgIpc) is 3.37. The summed E-state index contributed by atoms with van der Waals surface area (Å²) in [5, 5.41) is 0. The molecule has 0 heterocycles. The highest BCUT2D eigenvalue weighted by Crippen LogP contribution is 2.56. The molecule has 0 aliphatic heterocycles. The Hall–Kier alpha value is -4.68. The highest BCUT2D eigenvalue weighted by Gasteiger charge is 2.32. The zero-order chi connectivity index (χ0) is 51.6. The number of hydrogen-bond donors (Lipinski definition) is 0. The van der Waals surface area contributed by atoms with Gasteiger partial charge in [0.05, 0.1) is 0 Å². The van der Waals surface area contributed by atoms with Gasteiger partial charge in [-0.1, -0.05) is 208 Å². The van der Waals surface area contributed by atoms with Crippen molar-refractivity contribution in [1.29, 1.82) is 0 Å². The molecule has 72 heavy (non-hydrogen) atoms. The number of unbranched alkanes of at least 4 members (excludes halogenated alkanes) is 8. The standard InChI is InChI=1S/C72H98/c1-13-21-32-56-42-51(9)43-57(33-22-14-2)66(56)64-50-65(67-58(34-23-15-3)44-52(10)45-59(67)35-24-16-4)71(68-60(36-25-17-5)46-53(11)47-61(68)37-26-18-6)72(70(64)55-40-30-29-31-41-55)69-62(38-27-19-7)48-54(12)49-63(69)39-28-20-8/h29-31,40-50H,13-28,32-39H2,1-12H3. The molecular formula is C72H98. The van der Waals surface area contributed by atoms with Crippen molar-refractivity contribution in [3.63, 3.8) is 0 Å². The maximum atomic E-state index is 2.84. The first kappa shape index (κ1) is 56.6. The largest absolute Gasteiger partial charge is 0.0654 e. The second-order valence-corrected chi connectivity index (χ2v) is 22.1. The number of aryl methyl sites for hydroxylation is 12. The summed E-state index contributed by atoms with van der Waals surface area (Å²) in [6, 6.07) is 35.5. The molecule has 0 aliphatic rings. The molecule has 0 fully saturated rings. The van der Waals surface area contributed by atoms with Crippen LogP contribution >= 0.6 is 0 Å². The van der Waals surface area contributed by atoms with Gasteiger partial charge in [0.25, 0.3) is 0 Å². The minimum Gasteiger partial charge on any atom is -0.0654 e. The topological polar surface area (TPSA) is 0 Å². The van der Waals surface area contributed by atoms with E-state index in [4.69, 9.17) is 0 Å². The van der Waals surface area contributed by atoms with E-state index in [0.717, 1.165) is 51.4 Å². The van der Waals surface area contributed by atoms with Crippen LogP contribution in [0.1, 0.15) is 225 Å². The summed E-state index contributed by atoms with van der Waals surface area (Å²) in [7, 11) is 0. The van der Waals surface area contributed by atoms with E-state index in [2.05, 4.69) is 168 Å². The van der Waals surface area contributed by atoms with E-state index in [1.54, 1.807) is 38.9 Å². The maximum Gasteiger partial charge on any atom is -0.000857 e. The number of benzene rings is 6. The molecule has 6 aromatic rings. The lowest BCUT2D eigenvalue weighted by atomic mass is 9.71. The van der Waals surface area contributed by atoms with Crippen LogP contribution in [0.15, 0.2) is 84.9 Å². The number of rotatable bonds is 29. The molecule has 0 spiro atoms. The van der Waals surface area contributed by atoms with Crippen molar-refractivity contribution in [1.82, 2.24) is 0 Å². The second-order valence-electron chi connectivity index (χ2n) is 22.1. The van der Waals surface area contributed by atoms with Crippen molar-refractivity contribution < 1.29 is 0 Å². The van der Waals surface area contributed by atoms with Gasteiger partial charge in [0.15, 0.2) is 0 Å². The van der Waals surface area contributed by atoms with E-state index in [9.17, 15) is 0 Å². The predicted octanol–water partition coefficient (Wildman–Crippen LogP) is 22.0. The lowest BCUT2D eigenvalue weighted by Gasteiger charge is -2.32. The van der Waals surface area contributed by atoms with Gasteiger partial charge in [-0.2, -0.15) is 0 Å². The van der Waals surface area contributed by atoms with Crippen molar-refractivity contribution in [2.45, 2.75) is 237 Å². The summed E-state index contributed by atoms with van der Waals surface area (Å²) in [6.07, 6.45) is 27.7. The summed E-state index contributed by atoms with van der Waals surface area (Å²) < 4.78 is 0. The van der Waals surface area contributed by atoms with Crippen LogP contribution in [-0.4, -0.2) is 0 Å². The molecule has 0 amide bonds. The molecule has 6 rings (SSSR count). The fourth-order valence-corrected chi connectivity index (χ4v) is 12.1. The lowest BCUT2D eigenvalue weighted by Crippen LogP contribution is -2.10. The molecule has 386 valence electrons. The Balaban J connectivity index is 2.12. The van der Waals surface area contributed by atoms with Crippen LogP contribution in [-0.2, 0) is 51.4 Å². The van der Waals surface area contributed by atoms with Crippen LogP contribution in [0, 0.1) is 27.7 Å². The van der Waals surface area contributed by atoms with Gasteiger partial charge in [0.1, 0.15) is 0 Å². The fraction of sp³-hybridized carbons (Fsp3) is 0.500. The van der Waals surface area contributed by atoms with Crippen LogP contribution in [0.25, 0.3) is 55.6 Å². The molecule has 0 saturated carbocycles. The van der Waals surface area contributed by atoms with E-state index in [1.807, 2.05) is 0 Å². The SMILES string of the molecule is CCCCc1cc(C)cc(CCCC)c1-c1cc(-c2c(CCCC)cc(C)cc2CCCC)c(-c2c(CCCC)cc(C)cc2CCCC)c(-c2c(CCCC)cc(C)cc2CCCC)c1-c1ccccc1. The summed E-state index contributed by atoms with van der Waals surface area (Å²) in [4.78, 5) is 0. The van der Waals surface area contributed by atoms with Crippen LogP contribution in [0.4, 0.5) is 0 Å². The first-order valence-corrected chi connectivity index (χ1v) is 29.8. The van der Waals surface area contributed by atoms with Gasteiger partial charge in [-0.15, -0.1) is 0 Å². The summed E-state index contributed by atoms with van der Waals surface area (Å²) in [5.41, 5.74) is 32.9. The molecule has 6 aromatic carbocycles. The smallest absolute Gasteiger partial charge is 0.000857 e. The zero-order valence-electron chi connectivity index (χ0n) is 48.1. The van der Waals surface area contributed by atoms with E-state index in [1.165, 1.54) is 186 Å². The third kappa shape index (κ3) is 13.9. The molecule has 0 bridgehead atoms. The van der Waals surface area contributed by atoms with E-state index >= 15 is 0 Å². The van der Waals surface area contributed by atoms with Crippen molar-refractivity contribution in [2.75, 3.05) is 0 Å². The molecule has 0 atom stereocenters. The third-order valence-corrected chi connectivity index (χ3v) is 15.6. The van der Waals surface area contributed by atoms with Gasteiger partial charge in [-0.25, -0.2) is 0 Å². The third-order valence-electron chi connectivity index (χ3n) is 15.6. The minimum atomic E-state index is 1.08. The summed E-state index contributed by atoms with van der Waals surface area (Å²) in [6.45, 7) is 28.6. The minimum absolute atomic E-state index is 1.08. The Morgan fingerprint density at radius 2 is 0.472 bits per heavy atom. The Morgan fingerprint density at radius 3 is 0.736 bits per heavy atom. The van der Waals surface area contributed by atoms with Crippen LogP contribution in [0.2, 0.25) is 0 Å². The predicted molar refractivity (Wildman–Crippen MR) is 321 cm³/mol. The van der Waals surface area contributed by atoms with Gasteiger partial charge in [0.2, 0.25) is 0 Å². The average molecular weight is 964 g/mol. The summed E-state index contributed by atoms with van der Waals surface area (Å²) >= 11 is 0. The van der Waals surface area contributed by atoms with Crippen molar-refractivity contribution >= 4 is 0 Å². The lowest BCUT2D eigenvalue weighted by molar-refractivity contribution is 0.779. The van der Waals surface area contributed by atoms with Gasteiger partial charge >= 0.3 is 0 Å². The Labute approximate surface area is 442 Å². The molecule has 0 unspecified atom stereocenters. The Morgan fingerprint density at radius 1 is 0.236 bits per heavy atom. The van der Waals surface area contributed by atoms with Crippen LogP contribution < -0.4 is 0 Å². The highest BCUT2D eigenvalue weighted by atomic mass is 14.3. The second kappa shape index (κ2) is 28.7. The van der Waals surface area contributed by atoms with E-state index < -0.39 is 0 Å². The first-order valence-electron chi connectivity index (χ1n) is 29.8. The molecular weight excluding hydrogens is 865 g/mol. The van der Waals surface area contributed by atoms with Crippen LogP contribution in [0.5, 0.6) is 0 Å². The molecule has 0 N–H and O–H groups in total. The van der Waals surface area contributed by atoms with Gasteiger partial charge < -0.3 is 0 Å². The van der Waals surface area contributed by atoms with Crippen molar-refractivity contribution in [3.05, 3.63) is 152 Å². The number of hydrogen-bond acceptors (Lipinski definition) is 0. The molecule has 0 radical (unpaired) electrons. The summed E-state index contributed by atoms with van der Waals surface area (Å²) in [5.74, 6) is 0. The fourth-order valence-electron chi connectivity index (χ4n) is 12.1. The molecule has 0 heteroatoms. The quantitative estimate of drug-likeness (QED) is 0.0439. The Bertz CT molecular complexity index is 2530. The molecule has 0 aromatic heterocycles. The highest BCUT2D eigenvalue weighted by molar-refractivity contribution is 6.10. The van der Waals surface area contributed by atoms with Gasteiger partial charge in [-0.05, 0) is 237 Å². The molecule has 0 aliphatic carbocycles.